The van der Waals surface area contributed by atoms with Crippen LogP contribution in [-0.2, 0) is 9.53 Å². The van der Waals surface area contributed by atoms with Crippen molar-refractivity contribution in [3.05, 3.63) is 29.8 Å². The molecule has 0 radical (unpaired) electrons. The van der Waals surface area contributed by atoms with Crippen molar-refractivity contribution < 1.29 is 14.3 Å². The van der Waals surface area contributed by atoms with E-state index in [0.29, 0.717) is 31.5 Å². The number of para-hydroxylation sites is 1. The van der Waals surface area contributed by atoms with Gasteiger partial charge in [0.2, 0.25) is 0 Å². The highest BCUT2D eigenvalue weighted by Gasteiger charge is 2.31. The SMILES string of the molecule is CCOC(=O)CCNC1CC(c2ccccc2OC)C1. The van der Waals surface area contributed by atoms with Crippen LogP contribution >= 0.6 is 0 Å². The maximum atomic E-state index is 11.2. The third-order valence-electron chi connectivity index (χ3n) is 3.78. The van der Waals surface area contributed by atoms with E-state index in [1.54, 1.807) is 7.11 Å². The minimum absolute atomic E-state index is 0.124. The average molecular weight is 277 g/mol. The van der Waals surface area contributed by atoms with Crippen LogP contribution in [0.3, 0.4) is 0 Å². The van der Waals surface area contributed by atoms with E-state index in [1.165, 1.54) is 5.56 Å². The first-order chi connectivity index (χ1) is 9.74. The first-order valence-electron chi connectivity index (χ1n) is 7.26. The molecule has 0 unspecified atom stereocenters. The lowest BCUT2D eigenvalue weighted by Gasteiger charge is -2.37. The average Bonchev–Trinajstić information content (AvgIpc) is 2.41. The third-order valence-corrected chi connectivity index (χ3v) is 3.78. The fourth-order valence-corrected chi connectivity index (χ4v) is 2.65. The zero-order valence-corrected chi connectivity index (χ0v) is 12.2. The highest BCUT2D eigenvalue weighted by molar-refractivity contribution is 5.69. The molecule has 0 heterocycles. The summed E-state index contributed by atoms with van der Waals surface area (Å²) in [6.07, 6.45) is 2.65. The number of hydrogen-bond acceptors (Lipinski definition) is 4. The Balaban J connectivity index is 1.71. The molecular weight excluding hydrogens is 254 g/mol. The van der Waals surface area contributed by atoms with Crippen LogP contribution in [0.25, 0.3) is 0 Å². The lowest BCUT2D eigenvalue weighted by molar-refractivity contribution is -0.143. The molecule has 4 heteroatoms. The van der Waals surface area contributed by atoms with Gasteiger partial charge in [0, 0.05) is 12.6 Å². The highest BCUT2D eigenvalue weighted by Crippen LogP contribution is 2.40. The van der Waals surface area contributed by atoms with Gasteiger partial charge in [-0.15, -0.1) is 0 Å². The number of methoxy groups -OCH3 is 1. The Morgan fingerprint density at radius 2 is 2.10 bits per heavy atom. The van der Waals surface area contributed by atoms with Crippen LogP contribution in [0.5, 0.6) is 5.75 Å². The van der Waals surface area contributed by atoms with E-state index in [-0.39, 0.29) is 5.97 Å². The number of nitrogens with one attached hydrogen (secondary N) is 1. The summed E-state index contributed by atoms with van der Waals surface area (Å²) < 4.78 is 10.3. The maximum Gasteiger partial charge on any atom is 0.307 e. The summed E-state index contributed by atoms with van der Waals surface area (Å²) in [5.74, 6) is 1.41. The van der Waals surface area contributed by atoms with Gasteiger partial charge in [0.25, 0.3) is 0 Å². The molecule has 2 rings (SSSR count). The van der Waals surface area contributed by atoms with Gasteiger partial charge in [0.05, 0.1) is 20.1 Å². The molecule has 0 amide bonds. The Morgan fingerprint density at radius 1 is 1.35 bits per heavy atom. The predicted octanol–water partition coefficient (Wildman–Crippen LogP) is 2.48. The van der Waals surface area contributed by atoms with E-state index in [9.17, 15) is 4.79 Å². The first-order valence-corrected chi connectivity index (χ1v) is 7.26. The van der Waals surface area contributed by atoms with Gasteiger partial charge in [-0.05, 0) is 37.3 Å². The molecule has 0 aromatic heterocycles. The molecule has 1 fully saturated rings. The van der Waals surface area contributed by atoms with E-state index in [1.807, 2.05) is 19.1 Å². The molecule has 1 aliphatic rings. The van der Waals surface area contributed by atoms with Gasteiger partial charge in [-0.1, -0.05) is 18.2 Å². The van der Waals surface area contributed by atoms with E-state index < -0.39 is 0 Å². The second-order valence-electron chi connectivity index (χ2n) is 5.12. The van der Waals surface area contributed by atoms with E-state index >= 15 is 0 Å². The summed E-state index contributed by atoms with van der Waals surface area (Å²) in [7, 11) is 1.71. The van der Waals surface area contributed by atoms with Crippen LogP contribution < -0.4 is 10.1 Å². The number of benzene rings is 1. The van der Waals surface area contributed by atoms with Gasteiger partial charge < -0.3 is 14.8 Å². The fraction of sp³-hybridized carbons (Fsp3) is 0.562. The van der Waals surface area contributed by atoms with Crippen molar-refractivity contribution in [2.24, 2.45) is 0 Å². The summed E-state index contributed by atoms with van der Waals surface area (Å²) in [4.78, 5) is 11.2. The van der Waals surface area contributed by atoms with Crippen molar-refractivity contribution in [1.82, 2.24) is 5.32 Å². The number of hydrogen-bond donors (Lipinski definition) is 1. The molecular formula is C16H23NO3. The van der Waals surface area contributed by atoms with Crippen molar-refractivity contribution in [1.29, 1.82) is 0 Å². The number of ether oxygens (including phenoxy) is 2. The summed E-state index contributed by atoms with van der Waals surface area (Å²) >= 11 is 0. The van der Waals surface area contributed by atoms with Crippen LogP contribution in [0.1, 0.15) is 37.7 Å². The van der Waals surface area contributed by atoms with Crippen LogP contribution in [-0.4, -0.2) is 32.3 Å². The zero-order valence-electron chi connectivity index (χ0n) is 12.2. The van der Waals surface area contributed by atoms with Gasteiger partial charge >= 0.3 is 5.97 Å². The predicted molar refractivity (Wildman–Crippen MR) is 78.0 cm³/mol. The molecule has 0 spiro atoms. The molecule has 1 aromatic carbocycles. The molecule has 20 heavy (non-hydrogen) atoms. The molecule has 4 nitrogen and oxygen atoms in total. The van der Waals surface area contributed by atoms with Gasteiger partial charge in [0.1, 0.15) is 5.75 Å². The molecule has 1 aliphatic carbocycles. The Labute approximate surface area is 120 Å². The summed E-state index contributed by atoms with van der Waals surface area (Å²) in [5, 5.41) is 3.40. The molecule has 0 atom stereocenters. The topological polar surface area (TPSA) is 47.6 Å². The van der Waals surface area contributed by atoms with Crippen molar-refractivity contribution in [2.45, 2.75) is 38.1 Å². The van der Waals surface area contributed by atoms with Crippen molar-refractivity contribution in [3.63, 3.8) is 0 Å². The van der Waals surface area contributed by atoms with Gasteiger partial charge in [-0.3, -0.25) is 4.79 Å². The molecule has 1 saturated carbocycles. The normalized spacial score (nSPS) is 21.1. The quantitative estimate of drug-likeness (QED) is 0.778. The smallest absolute Gasteiger partial charge is 0.307 e. The molecule has 110 valence electrons. The van der Waals surface area contributed by atoms with Crippen LogP contribution in [0.2, 0.25) is 0 Å². The lowest BCUT2D eigenvalue weighted by atomic mass is 9.75. The number of carbonyl (C=O) groups is 1. The van der Waals surface area contributed by atoms with Gasteiger partial charge in [0.15, 0.2) is 0 Å². The van der Waals surface area contributed by atoms with Crippen molar-refractivity contribution in [3.8, 4) is 5.75 Å². The fourth-order valence-electron chi connectivity index (χ4n) is 2.65. The van der Waals surface area contributed by atoms with Crippen molar-refractivity contribution >= 4 is 5.97 Å². The molecule has 0 bridgehead atoms. The minimum Gasteiger partial charge on any atom is -0.496 e. The maximum absolute atomic E-state index is 11.2. The number of carbonyl (C=O) groups excluding carboxylic acids is 1. The minimum atomic E-state index is -0.124. The monoisotopic (exact) mass is 277 g/mol. The summed E-state index contributed by atoms with van der Waals surface area (Å²) in [5.41, 5.74) is 1.29. The van der Waals surface area contributed by atoms with Crippen LogP contribution in [0.15, 0.2) is 24.3 Å². The standard InChI is InChI=1S/C16H23NO3/c1-3-20-16(18)8-9-17-13-10-12(11-13)14-6-4-5-7-15(14)19-2/h4-7,12-13,17H,3,8-11H2,1-2H3. The molecule has 1 N–H and O–H groups in total. The third kappa shape index (κ3) is 3.73. The lowest BCUT2D eigenvalue weighted by Crippen LogP contribution is -2.41. The van der Waals surface area contributed by atoms with Crippen LogP contribution in [0, 0.1) is 0 Å². The number of esters is 1. The first kappa shape index (κ1) is 14.9. The molecule has 0 saturated heterocycles. The molecule has 0 aliphatic heterocycles. The van der Waals surface area contributed by atoms with E-state index in [0.717, 1.165) is 18.6 Å². The van der Waals surface area contributed by atoms with E-state index in [4.69, 9.17) is 9.47 Å². The Kier molecular flexibility index (Phi) is 5.41. The van der Waals surface area contributed by atoms with E-state index in [2.05, 4.69) is 17.4 Å². The Hall–Kier alpha value is -1.55. The Morgan fingerprint density at radius 3 is 2.80 bits per heavy atom. The summed E-state index contributed by atoms with van der Waals surface area (Å²) in [6, 6.07) is 8.70. The number of rotatable bonds is 7. The highest BCUT2D eigenvalue weighted by atomic mass is 16.5. The molecule has 1 aromatic rings. The Bertz CT molecular complexity index is 441. The summed E-state index contributed by atoms with van der Waals surface area (Å²) in [6.45, 7) is 2.98. The largest absolute Gasteiger partial charge is 0.496 e. The second kappa shape index (κ2) is 7.29. The zero-order chi connectivity index (χ0) is 14.4. The second-order valence-corrected chi connectivity index (χ2v) is 5.12. The van der Waals surface area contributed by atoms with Gasteiger partial charge in [-0.25, -0.2) is 0 Å². The van der Waals surface area contributed by atoms with Crippen LogP contribution in [0.4, 0.5) is 0 Å². The van der Waals surface area contributed by atoms with Gasteiger partial charge in [-0.2, -0.15) is 0 Å². The van der Waals surface area contributed by atoms with Crippen molar-refractivity contribution in [2.75, 3.05) is 20.3 Å².